The molecule has 6 nitrogen and oxygen atoms in total. The van der Waals surface area contributed by atoms with Gasteiger partial charge in [-0.3, -0.25) is 4.79 Å². The Labute approximate surface area is 124 Å². The standard InChI is InChI=1S/C15H21NO5/c1-10-9-16(5-6-21-10)15(17)11-7-12(18-2)14(20-4)13(8-11)19-3/h7-8,10H,5-6,9H2,1-4H3/t10-/m1/s1. The van der Waals surface area contributed by atoms with Gasteiger partial charge in [0.25, 0.3) is 5.91 Å². The molecule has 0 radical (unpaired) electrons. The van der Waals surface area contributed by atoms with Gasteiger partial charge >= 0.3 is 0 Å². The fourth-order valence-corrected chi connectivity index (χ4v) is 2.39. The van der Waals surface area contributed by atoms with Crippen LogP contribution in [0.2, 0.25) is 0 Å². The Kier molecular flexibility index (Phi) is 4.90. The Bertz CT molecular complexity index is 492. The summed E-state index contributed by atoms with van der Waals surface area (Å²) in [6, 6.07) is 3.34. The number of hydrogen-bond donors (Lipinski definition) is 0. The quantitative estimate of drug-likeness (QED) is 0.844. The molecule has 1 amide bonds. The highest BCUT2D eigenvalue weighted by Crippen LogP contribution is 2.38. The lowest BCUT2D eigenvalue weighted by atomic mass is 10.1. The Hall–Kier alpha value is -1.95. The number of morpholine rings is 1. The maximum Gasteiger partial charge on any atom is 0.254 e. The van der Waals surface area contributed by atoms with Gasteiger partial charge in [-0.2, -0.15) is 0 Å². The number of benzene rings is 1. The van der Waals surface area contributed by atoms with Crippen molar-refractivity contribution in [2.24, 2.45) is 0 Å². The van der Waals surface area contributed by atoms with Crippen LogP contribution in [0.15, 0.2) is 12.1 Å². The molecule has 116 valence electrons. The maximum absolute atomic E-state index is 12.6. The van der Waals surface area contributed by atoms with E-state index < -0.39 is 0 Å². The van der Waals surface area contributed by atoms with Gasteiger partial charge in [0.1, 0.15) is 0 Å². The summed E-state index contributed by atoms with van der Waals surface area (Å²) in [7, 11) is 4.59. The van der Waals surface area contributed by atoms with Crippen LogP contribution >= 0.6 is 0 Å². The third-order valence-corrected chi connectivity index (χ3v) is 3.44. The number of amides is 1. The van der Waals surface area contributed by atoms with Crippen molar-refractivity contribution in [1.82, 2.24) is 4.90 Å². The van der Waals surface area contributed by atoms with Crippen LogP contribution < -0.4 is 14.2 Å². The van der Waals surface area contributed by atoms with Crippen LogP contribution in [0.25, 0.3) is 0 Å². The van der Waals surface area contributed by atoms with Gasteiger partial charge in [0.2, 0.25) is 5.75 Å². The molecule has 1 atom stereocenters. The van der Waals surface area contributed by atoms with Gasteiger partial charge in [0.05, 0.1) is 34.0 Å². The molecule has 0 aliphatic carbocycles. The van der Waals surface area contributed by atoms with E-state index in [0.29, 0.717) is 42.5 Å². The molecule has 1 aromatic rings. The zero-order chi connectivity index (χ0) is 15.4. The minimum atomic E-state index is -0.0654. The fourth-order valence-electron chi connectivity index (χ4n) is 2.39. The zero-order valence-electron chi connectivity index (χ0n) is 12.8. The molecule has 1 aliphatic rings. The van der Waals surface area contributed by atoms with Gasteiger partial charge < -0.3 is 23.8 Å². The third kappa shape index (κ3) is 3.21. The first-order chi connectivity index (χ1) is 10.1. The molecule has 21 heavy (non-hydrogen) atoms. The van der Waals surface area contributed by atoms with Crippen LogP contribution in [-0.2, 0) is 4.74 Å². The van der Waals surface area contributed by atoms with Crippen LogP contribution in [0.3, 0.4) is 0 Å². The molecule has 1 saturated heterocycles. The van der Waals surface area contributed by atoms with Crippen molar-refractivity contribution in [3.63, 3.8) is 0 Å². The van der Waals surface area contributed by atoms with Crippen molar-refractivity contribution in [3.8, 4) is 17.2 Å². The average molecular weight is 295 g/mol. The number of hydrogen-bond acceptors (Lipinski definition) is 5. The van der Waals surface area contributed by atoms with E-state index in [9.17, 15) is 4.79 Å². The molecule has 0 N–H and O–H groups in total. The topological polar surface area (TPSA) is 57.2 Å². The smallest absolute Gasteiger partial charge is 0.254 e. The monoisotopic (exact) mass is 295 g/mol. The molecule has 0 aromatic heterocycles. The van der Waals surface area contributed by atoms with E-state index in [2.05, 4.69) is 0 Å². The largest absolute Gasteiger partial charge is 0.493 e. The van der Waals surface area contributed by atoms with E-state index in [1.54, 1.807) is 17.0 Å². The molecule has 1 aliphatic heterocycles. The minimum Gasteiger partial charge on any atom is -0.493 e. The molecular weight excluding hydrogens is 274 g/mol. The van der Waals surface area contributed by atoms with Crippen LogP contribution in [0, 0.1) is 0 Å². The summed E-state index contributed by atoms with van der Waals surface area (Å²) >= 11 is 0. The van der Waals surface area contributed by atoms with Crippen molar-refractivity contribution >= 4 is 5.91 Å². The fraction of sp³-hybridized carbons (Fsp3) is 0.533. The second kappa shape index (κ2) is 6.67. The first kappa shape index (κ1) is 15.4. The molecule has 6 heteroatoms. The highest BCUT2D eigenvalue weighted by molar-refractivity contribution is 5.95. The average Bonchev–Trinajstić information content (AvgIpc) is 2.52. The van der Waals surface area contributed by atoms with E-state index in [1.807, 2.05) is 6.92 Å². The van der Waals surface area contributed by atoms with Gasteiger partial charge in [-0.1, -0.05) is 0 Å². The second-order valence-corrected chi connectivity index (χ2v) is 4.85. The van der Waals surface area contributed by atoms with Crippen LogP contribution in [0.5, 0.6) is 17.2 Å². The highest BCUT2D eigenvalue weighted by Gasteiger charge is 2.25. The van der Waals surface area contributed by atoms with E-state index >= 15 is 0 Å². The zero-order valence-corrected chi connectivity index (χ0v) is 12.8. The molecule has 1 aromatic carbocycles. The van der Waals surface area contributed by atoms with Crippen molar-refractivity contribution in [1.29, 1.82) is 0 Å². The summed E-state index contributed by atoms with van der Waals surface area (Å²) in [6.07, 6.45) is 0.0461. The number of nitrogens with zero attached hydrogens (tertiary/aromatic N) is 1. The van der Waals surface area contributed by atoms with E-state index in [0.717, 1.165) is 0 Å². The maximum atomic E-state index is 12.6. The number of carbonyl (C=O) groups is 1. The summed E-state index contributed by atoms with van der Waals surface area (Å²) in [6.45, 7) is 3.67. The molecule has 0 saturated carbocycles. The number of ether oxygens (including phenoxy) is 4. The summed E-state index contributed by atoms with van der Waals surface area (Å²) < 4.78 is 21.3. The lowest BCUT2D eigenvalue weighted by Gasteiger charge is -2.31. The predicted molar refractivity (Wildman–Crippen MR) is 77.4 cm³/mol. The van der Waals surface area contributed by atoms with Crippen molar-refractivity contribution in [2.45, 2.75) is 13.0 Å². The Balaban J connectivity index is 2.32. The second-order valence-electron chi connectivity index (χ2n) is 4.85. The van der Waals surface area contributed by atoms with Gasteiger partial charge in [0, 0.05) is 18.7 Å². The normalized spacial score (nSPS) is 18.3. The minimum absolute atomic E-state index is 0.0461. The van der Waals surface area contributed by atoms with Gasteiger partial charge in [-0.25, -0.2) is 0 Å². The molecule has 0 bridgehead atoms. The van der Waals surface area contributed by atoms with Crippen molar-refractivity contribution < 1.29 is 23.7 Å². The summed E-state index contributed by atoms with van der Waals surface area (Å²) in [5.74, 6) is 1.36. The molecule has 1 heterocycles. The van der Waals surface area contributed by atoms with Gasteiger partial charge in [-0.05, 0) is 19.1 Å². The van der Waals surface area contributed by atoms with Crippen LogP contribution in [0.1, 0.15) is 17.3 Å². The van der Waals surface area contributed by atoms with Gasteiger partial charge in [-0.15, -0.1) is 0 Å². The summed E-state index contributed by atoms with van der Waals surface area (Å²) in [4.78, 5) is 14.4. The van der Waals surface area contributed by atoms with E-state index in [4.69, 9.17) is 18.9 Å². The third-order valence-electron chi connectivity index (χ3n) is 3.44. The Morgan fingerprint density at radius 1 is 1.19 bits per heavy atom. The number of rotatable bonds is 4. The SMILES string of the molecule is COc1cc(C(=O)N2CCO[C@H](C)C2)cc(OC)c1OC. The molecule has 2 rings (SSSR count). The first-order valence-corrected chi connectivity index (χ1v) is 6.81. The molecule has 0 spiro atoms. The lowest BCUT2D eigenvalue weighted by molar-refractivity contribution is -0.0124. The first-order valence-electron chi connectivity index (χ1n) is 6.81. The number of carbonyl (C=O) groups excluding carboxylic acids is 1. The predicted octanol–water partition coefficient (Wildman–Crippen LogP) is 1.57. The Morgan fingerprint density at radius 2 is 1.81 bits per heavy atom. The van der Waals surface area contributed by atoms with Gasteiger partial charge in [0.15, 0.2) is 11.5 Å². The summed E-state index contributed by atoms with van der Waals surface area (Å²) in [5.41, 5.74) is 0.513. The number of methoxy groups -OCH3 is 3. The van der Waals surface area contributed by atoms with Crippen molar-refractivity contribution in [2.75, 3.05) is 41.0 Å². The van der Waals surface area contributed by atoms with Crippen LogP contribution in [-0.4, -0.2) is 57.9 Å². The highest BCUT2D eigenvalue weighted by atomic mass is 16.5. The van der Waals surface area contributed by atoms with Crippen LogP contribution in [0.4, 0.5) is 0 Å². The van der Waals surface area contributed by atoms with E-state index in [1.165, 1.54) is 21.3 Å². The van der Waals surface area contributed by atoms with E-state index in [-0.39, 0.29) is 12.0 Å². The Morgan fingerprint density at radius 3 is 2.29 bits per heavy atom. The lowest BCUT2D eigenvalue weighted by Crippen LogP contribution is -2.44. The molecular formula is C15H21NO5. The molecule has 0 unspecified atom stereocenters. The molecule has 1 fully saturated rings. The summed E-state index contributed by atoms with van der Waals surface area (Å²) in [5, 5.41) is 0. The van der Waals surface area contributed by atoms with Crippen molar-refractivity contribution in [3.05, 3.63) is 17.7 Å².